The smallest absolute Gasteiger partial charge is 0.305 e. The van der Waals surface area contributed by atoms with Gasteiger partial charge in [-0.2, -0.15) is 0 Å². The third kappa shape index (κ3) is 6.93. The lowest BCUT2D eigenvalue weighted by Crippen LogP contribution is -2.45. The van der Waals surface area contributed by atoms with Crippen LogP contribution in [-0.2, 0) is 16.0 Å². The van der Waals surface area contributed by atoms with Gasteiger partial charge in [0, 0.05) is 12.5 Å². The number of aryl methyl sites for hydroxylation is 1. The number of amides is 1. The Balaban J connectivity index is 2.42. The second-order valence-corrected chi connectivity index (χ2v) is 6.42. The van der Waals surface area contributed by atoms with E-state index in [1.165, 1.54) is 5.56 Å². The van der Waals surface area contributed by atoms with Crippen LogP contribution in [0.15, 0.2) is 30.3 Å². The predicted molar refractivity (Wildman–Crippen MR) is 83.0 cm³/mol. The summed E-state index contributed by atoms with van der Waals surface area (Å²) < 4.78 is 0. The largest absolute Gasteiger partial charge is 0.481 e. The summed E-state index contributed by atoms with van der Waals surface area (Å²) in [6.07, 6.45) is 1.99. The minimum absolute atomic E-state index is 0.0477. The highest BCUT2D eigenvalue weighted by molar-refractivity contribution is 5.77. The molecule has 2 N–H and O–H groups in total. The lowest BCUT2D eigenvalue weighted by atomic mass is 9.84. The summed E-state index contributed by atoms with van der Waals surface area (Å²) in [5, 5.41) is 11.8. The molecule has 116 valence electrons. The second kappa shape index (κ2) is 7.81. The SMILES string of the molecule is CC(C)(C)C(CC(=O)O)NC(=O)CCCc1ccccc1. The highest BCUT2D eigenvalue weighted by Crippen LogP contribution is 2.22. The average molecular weight is 291 g/mol. The molecule has 0 radical (unpaired) electrons. The maximum Gasteiger partial charge on any atom is 0.305 e. The number of hydrogen-bond acceptors (Lipinski definition) is 2. The molecule has 0 saturated heterocycles. The molecule has 1 unspecified atom stereocenters. The summed E-state index contributed by atoms with van der Waals surface area (Å²) in [5.41, 5.74) is 0.941. The predicted octanol–water partition coefficient (Wildman–Crippen LogP) is 3.01. The third-order valence-electron chi connectivity index (χ3n) is 3.47. The number of benzene rings is 1. The minimum atomic E-state index is -0.889. The Morgan fingerprint density at radius 2 is 1.81 bits per heavy atom. The Labute approximate surface area is 126 Å². The number of carboxylic acid groups (broad SMARTS) is 1. The van der Waals surface area contributed by atoms with Crippen LogP contribution in [0.1, 0.15) is 45.6 Å². The minimum Gasteiger partial charge on any atom is -0.481 e. The normalized spacial score (nSPS) is 12.7. The van der Waals surface area contributed by atoms with Crippen LogP contribution in [-0.4, -0.2) is 23.0 Å². The van der Waals surface area contributed by atoms with Crippen LogP contribution in [0.25, 0.3) is 0 Å². The van der Waals surface area contributed by atoms with Gasteiger partial charge in [-0.15, -0.1) is 0 Å². The van der Waals surface area contributed by atoms with E-state index in [9.17, 15) is 9.59 Å². The van der Waals surface area contributed by atoms with Crippen LogP contribution in [0.4, 0.5) is 0 Å². The molecule has 0 spiro atoms. The quantitative estimate of drug-likeness (QED) is 0.811. The summed E-state index contributed by atoms with van der Waals surface area (Å²) in [4.78, 5) is 22.9. The molecule has 21 heavy (non-hydrogen) atoms. The van der Waals surface area contributed by atoms with Crippen molar-refractivity contribution in [1.29, 1.82) is 0 Å². The zero-order valence-corrected chi connectivity index (χ0v) is 13.1. The first-order chi connectivity index (χ1) is 9.79. The summed E-state index contributed by atoms with van der Waals surface area (Å²) in [5.74, 6) is -0.966. The molecule has 0 aliphatic rings. The van der Waals surface area contributed by atoms with E-state index in [0.29, 0.717) is 6.42 Å². The van der Waals surface area contributed by atoms with Gasteiger partial charge >= 0.3 is 5.97 Å². The maximum atomic E-state index is 12.0. The van der Waals surface area contributed by atoms with E-state index in [-0.39, 0.29) is 23.8 Å². The molecular weight excluding hydrogens is 266 g/mol. The van der Waals surface area contributed by atoms with Crippen LogP contribution in [0.5, 0.6) is 0 Å². The van der Waals surface area contributed by atoms with Crippen LogP contribution in [0.2, 0.25) is 0 Å². The Bertz CT molecular complexity index is 463. The molecule has 0 aromatic heterocycles. The van der Waals surface area contributed by atoms with Crippen molar-refractivity contribution in [3.8, 4) is 0 Å². The number of hydrogen-bond donors (Lipinski definition) is 2. The van der Waals surface area contributed by atoms with Crippen molar-refractivity contribution >= 4 is 11.9 Å². The van der Waals surface area contributed by atoms with E-state index >= 15 is 0 Å². The van der Waals surface area contributed by atoms with Gasteiger partial charge < -0.3 is 10.4 Å². The lowest BCUT2D eigenvalue weighted by molar-refractivity contribution is -0.138. The molecule has 0 heterocycles. The van der Waals surface area contributed by atoms with E-state index in [1.807, 2.05) is 51.1 Å². The van der Waals surface area contributed by atoms with Gasteiger partial charge in [0.25, 0.3) is 0 Å². The Kier molecular flexibility index (Phi) is 6.40. The van der Waals surface area contributed by atoms with Gasteiger partial charge in [0.2, 0.25) is 5.91 Å². The molecule has 1 atom stereocenters. The monoisotopic (exact) mass is 291 g/mol. The summed E-state index contributed by atoms with van der Waals surface area (Å²) >= 11 is 0. The molecule has 0 aliphatic carbocycles. The van der Waals surface area contributed by atoms with Crippen molar-refractivity contribution in [1.82, 2.24) is 5.32 Å². The van der Waals surface area contributed by atoms with Crippen molar-refractivity contribution in [3.63, 3.8) is 0 Å². The first-order valence-corrected chi connectivity index (χ1v) is 7.34. The van der Waals surface area contributed by atoms with E-state index in [4.69, 9.17) is 5.11 Å². The molecule has 1 amide bonds. The lowest BCUT2D eigenvalue weighted by Gasteiger charge is -2.30. The van der Waals surface area contributed by atoms with E-state index in [2.05, 4.69) is 5.32 Å². The fourth-order valence-electron chi connectivity index (χ4n) is 2.11. The standard InChI is InChI=1S/C17H25NO3/c1-17(2,3)14(12-16(20)21)18-15(19)11-7-10-13-8-5-4-6-9-13/h4-6,8-9,14H,7,10-12H2,1-3H3,(H,18,19)(H,20,21). The molecule has 1 aromatic rings. The van der Waals surface area contributed by atoms with Crippen LogP contribution < -0.4 is 5.32 Å². The third-order valence-corrected chi connectivity index (χ3v) is 3.47. The van der Waals surface area contributed by atoms with Gasteiger partial charge in [0.05, 0.1) is 6.42 Å². The molecule has 0 bridgehead atoms. The summed E-state index contributed by atoms with van der Waals surface area (Å²) in [7, 11) is 0. The number of carbonyl (C=O) groups excluding carboxylic acids is 1. The fourth-order valence-corrected chi connectivity index (χ4v) is 2.11. The molecular formula is C17H25NO3. The van der Waals surface area contributed by atoms with Gasteiger partial charge in [-0.05, 0) is 23.8 Å². The fraction of sp³-hybridized carbons (Fsp3) is 0.529. The topological polar surface area (TPSA) is 66.4 Å². The molecule has 1 rings (SSSR count). The number of carboxylic acids is 1. The number of nitrogens with one attached hydrogen (secondary N) is 1. The second-order valence-electron chi connectivity index (χ2n) is 6.42. The summed E-state index contributed by atoms with van der Waals surface area (Å²) in [6, 6.07) is 9.67. The van der Waals surface area contributed by atoms with Crippen molar-refractivity contribution < 1.29 is 14.7 Å². The zero-order chi connectivity index (χ0) is 15.9. The molecule has 4 heteroatoms. The van der Waals surface area contributed by atoms with Gasteiger partial charge in [-0.1, -0.05) is 51.1 Å². The Morgan fingerprint density at radius 1 is 1.19 bits per heavy atom. The van der Waals surface area contributed by atoms with Crippen LogP contribution in [0.3, 0.4) is 0 Å². The number of rotatable bonds is 7. The first kappa shape index (κ1) is 17.2. The van der Waals surface area contributed by atoms with Crippen molar-refractivity contribution in [3.05, 3.63) is 35.9 Å². The van der Waals surface area contributed by atoms with E-state index in [1.54, 1.807) is 0 Å². The molecule has 4 nitrogen and oxygen atoms in total. The highest BCUT2D eigenvalue weighted by atomic mass is 16.4. The van der Waals surface area contributed by atoms with E-state index < -0.39 is 5.97 Å². The van der Waals surface area contributed by atoms with Crippen molar-refractivity contribution in [2.45, 2.75) is 52.5 Å². The van der Waals surface area contributed by atoms with Crippen LogP contribution in [0, 0.1) is 5.41 Å². The highest BCUT2D eigenvalue weighted by Gasteiger charge is 2.28. The zero-order valence-electron chi connectivity index (χ0n) is 13.1. The molecule has 0 saturated carbocycles. The maximum absolute atomic E-state index is 12.0. The van der Waals surface area contributed by atoms with E-state index in [0.717, 1.165) is 12.8 Å². The number of carbonyl (C=O) groups is 2. The van der Waals surface area contributed by atoms with Gasteiger partial charge in [-0.3, -0.25) is 9.59 Å². The van der Waals surface area contributed by atoms with Gasteiger partial charge in [0.1, 0.15) is 0 Å². The van der Waals surface area contributed by atoms with Gasteiger partial charge in [0.15, 0.2) is 0 Å². The van der Waals surface area contributed by atoms with Crippen molar-refractivity contribution in [2.75, 3.05) is 0 Å². The van der Waals surface area contributed by atoms with Crippen LogP contribution >= 0.6 is 0 Å². The van der Waals surface area contributed by atoms with Gasteiger partial charge in [-0.25, -0.2) is 0 Å². The first-order valence-electron chi connectivity index (χ1n) is 7.34. The molecule has 0 fully saturated rings. The molecule has 1 aromatic carbocycles. The van der Waals surface area contributed by atoms with Crippen molar-refractivity contribution in [2.24, 2.45) is 5.41 Å². The molecule has 0 aliphatic heterocycles. The number of aliphatic carboxylic acids is 1. The Hall–Kier alpha value is -1.84. The summed E-state index contributed by atoms with van der Waals surface area (Å²) in [6.45, 7) is 5.81. The average Bonchev–Trinajstić information content (AvgIpc) is 2.37. The Morgan fingerprint density at radius 3 is 2.33 bits per heavy atom.